The molecule has 110 valence electrons. The molecule has 6 heteroatoms. The number of nitrogens with one attached hydrogen (secondary N) is 1. The molecule has 2 aromatic rings. The van der Waals surface area contributed by atoms with E-state index in [0.29, 0.717) is 16.5 Å². The number of amides is 2. The monoisotopic (exact) mass is 304 g/mol. The number of primary amides is 1. The summed E-state index contributed by atoms with van der Waals surface area (Å²) in [6.07, 6.45) is 4.24. The molecule has 0 aliphatic heterocycles. The number of rotatable bonds is 3. The average Bonchev–Trinajstić information content (AvgIpc) is 3.04. The minimum Gasteiger partial charge on any atom is -0.459 e. The fourth-order valence-electron chi connectivity index (χ4n) is 2.67. The predicted molar refractivity (Wildman–Crippen MR) is 80.7 cm³/mol. The molecule has 1 aliphatic carbocycles. The topological polar surface area (TPSA) is 85.3 Å². The lowest BCUT2D eigenvalue weighted by atomic mass is 9.88. The van der Waals surface area contributed by atoms with E-state index < -0.39 is 5.91 Å². The molecule has 0 spiro atoms. The fourth-order valence-corrected chi connectivity index (χ4v) is 4.08. The standard InChI is InChI=1S/C15H16N2O3S/c1-8-4-5-9-11(7-8)21-15(12(9)13(16)18)17-14(19)10-3-2-6-20-10/h2-3,6,8H,4-5,7H2,1H3,(H2,16,18)(H,17,19)/t8-/m0/s1. The lowest BCUT2D eigenvalue weighted by molar-refractivity contribution is 0.0997. The summed E-state index contributed by atoms with van der Waals surface area (Å²) < 4.78 is 5.06. The van der Waals surface area contributed by atoms with Gasteiger partial charge in [-0.2, -0.15) is 0 Å². The van der Waals surface area contributed by atoms with Crippen LogP contribution in [0.2, 0.25) is 0 Å². The van der Waals surface area contributed by atoms with Crippen molar-refractivity contribution in [3.05, 3.63) is 40.2 Å². The Labute approximate surface area is 126 Å². The third-order valence-electron chi connectivity index (χ3n) is 3.73. The van der Waals surface area contributed by atoms with Gasteiger partial charge in [0.05, 0.1) is 11.8 Å². The maximum Gasteiger partial charge on any atom is 0.291 e. The molecule has 3 rings (SSSR count). The van der Waals surface area contributed by atoms with E-state index in [1.165, 1.54) is 17.6 Å². The van der Waals surface area contributed by atoms with Crippen molar-refractivity contribution in [3.8, 4) is 0 Å². The number of carbonyl (C=O) groups excluding carboxylic acids is 2. The van der Waals surface area contributed by atoms with E-state index in [2.05, 4.69) is 12.2 Å². The van der Waals surface area contributed by atoms with Gasteiger partial charge in [-0.1, -0.05) is 6.92 Å². The first-order chi connectivity index (χ1) is 10.1. The molecule has 0 radical (unpaired) electrons. The Bertz CT molecular complexity index is 688. The van der Waals surface area contributed by atoms with Crippen molar-refractivity contribution in [2.45, 2.75) is 26.2 Å². The molecule has 0 unspecified atom stereocenters. The number of thiophene rings is 1. The Morgan fingerprint density at radius 1 is 1.48 bits per heavy atom. The van der Waals surface area contributed by atoms with Crippen molar-refractivity contribution in [1.29, 1.82) is 0 Å². The number of nitrogens with two attached hydrogens (primary N) is 1. The number of hydrogen-bond donors (Lipinski definition) is 2. The number of carbonyl (C=O) groups is 2. The van der Waals surface area contributed by atoms with Crippen LogP contribution in [0.5, 0.6) is 0 Å². The molecule has 2 heterocycles. The Kier molecular flexibility index (Phi) is 3.55. The van der Waals surface area contributed by atoms with E-state index in [9.17, 15) is 9.59 Å². The van der Waals surface area contributed by atoms with Gasteiger partial charge in [0.2, 0.25) is 0 Å². The third kappa shape index (κ3) is 2.58. The number of hydrogen-bond acceptors (Lipinski definition) is 4. The summed E-state index contributed by atoms with van der Waals surface area (Å²) in [5, 5.41) is 3.28. The Balaban J connectivity index is 1.95. The van der Waals surface area contributed by atoms with Crippen LogP contribution < -0.4 is 11.1 Å². The molecule has 3 N–H and O–H groups in total. The smallest absolute Gasteiger partial charge is 0.291 e. The Hall–Kier alpha value is -2.08. The molecule has 2 amide bonds. The Morgan fingerprint density at radius 2 is 2.29 bits per heavy atom. The van der Waals surface area contributed by atoms with Gasteiger partial charge in [0.1, 0.15) is 5.00 Å². The zero-order valence-electron chi connectivity index (χ0n) is 11.6. The van der Waals surface area contributed by atoms with Gasteiger partial charge in [0, 0.05) is 4.88 Å². The highest BCUT2D eigenvalue weighted by Crippen LogP contribution is 2.39. The summed E-state index contributed by atoms with van der Waals surface area (Å²) in [7, 11) is 0. The van der Waals surface area contributed by atoms with Crippen LogP contribution in [0.3, 0.4) is 0 Å². The average molecular weight is 304 g/mol. The first-order valence-corrected chi connectivity index (χ1v) is 7.67. The van der Waals surface area contributed by atoms with E-state index in [-0.39, 0.29) is 11.7 Å². The second-order valence-corrected chi connectivity index (χ2v) is 6.46. The van der Waals surface area contributed by atoms with Crippen LogP contribution in [0.25, 0.3) is 0 Å². The number of furan rings is 1. The van der Waals surface area contributed by atoms with E-state index in [4.69, 9.17) is 10.2 Å². The molecule has 2 aromatic heterocycles. The highest BCUT2D eigenvalue weighted by atomic mass is 32.1. The van der Waals surface area contributed by atoms with Crippen molar-refractivity contribution in [1.82, 2.24) is 0 Å². The van der Waals surface area contributed by atoms with Crippen LogP contribution in [-0.2, 0) is 12.8 Å². The molecule has 0 aromatic carbocycles. The van der Waals surface area contributed by atoms with Gasteiger partial charge in [-0.25, -0.2) is 0 Å². The predicted octanol–water partition coefficient (Wildman–Crippen LogP) is 2.82. The molecular formula is C15H16N2O3S. The molecule has 21 heavy (non-hydrogen) atoms. The lowest BCUT2D eigenvalue weighted by Gasteiger charge is -2.18. The largest absolute Gasteiger partial charge is 0.459 e. The van der Waals surface area contributed by atoms with Crippen LogP contribution in [0.15, 0.2) is 22.8 Å². The molecular weight excluding hydrogens is 288 g/mol. The van der Waals surface area contributed by atoms with Crippen LogP contribution in [0.1, 0.15) is 44.7 Å². The van der Waals surface area contributed by atoms with E-state index in [1.807, 2.05) is 0 Å². The van der Waals surface area contributed by atoms with E-state index in [1.54, 1.807) is 12.1 Å². The zero-order chi connectivity index (χ0) is 15.0. The molecule has 0 bridgehead atoms. The van der Waals surface area contributed by atoms with Crippen molar-refractivity contribution >= 4 is 28.2 Å². The van der Waals surface area contributed by atoms with Crippen LogP contribution in [0, 0.1) is 5.92 Å². The summed E-state index contributed by atoms with van der Waals surface area (Å²) in [5.74, 6) is -0.0541. The van der Waals surface area contributed by atoms with Crippen LogP contribution >= 0.6 is 11.3 Å². The molecule has 0 saturated heterocycles. The second kappa shape index (κ2) is 5.37. The minimum absolute atomic E-state index is 0.213. The van der Waals surface area contributed by atoms with Crippen molar-refractivity contribution in [2.75, 3.05) is 5.32 Å². The first kappa shape index (κ1) is 13.9. The lowest BCUT2D eigenvalue weighted by Crippen LogP contribution is -2.19. The van der Waals surface area contributed by atoms with Crippen LogP contribution in [0.4, 0.5) is 5.00 Å². The molecule has 0 saturated carbocycles. The van der Waals surface area contributed by atoms with Crippen molar-refractivity contribution < 1.29 is 14.0 Å². The molecule has 1 atom stereocenters. The summed E-state index contributed by atoms with van der Waals surface area (Å²) in [5.41, 5.74) is 6.97. The molecule has 1 aliphatic rings. The minimum atomic E-state index is -0.489. The van der Waals surface area contributed by atoms with Gasteiger partial charge in [0.15, 0.2) is 5.76 Å². The highest BCUT2D eigenvalue weighted by molar-refractivity contribution is 7.17. The first-order valence-electron chi connectivity index (χ1n) is 6.85. The van der Waals surface area contributed by atoms with E-state index in [0.717, 1.165) is 29.7 Å². The fraction of sp³-hybridized carbons (Fsp3) is 0.333. The summed E-state index contributed by atoms with van der Waals surface area (Å²) in [6, 6.07) is 3.22. The quantitative estimate of drug-likeness (QED) is 0.914. The van der Waals surface area contributed by atoms with Crippen LogP contribution in [-0.4, -0.2) is 11.8 Å². The molecule has 0 fully saturated rings. The maximum atomic E-state index is 12.1. The number of anilines is 1. The second-order valence-electron chi connectivity index (χ2n) is 5.35. The van der Waals surface area contributed by atoms with Gasteiger partial charge in [-0.3, -0.25) is 9.59 Å². The summed E-state index contributed by atoms with van der Waals surface area (Å²) in [6.45, 7) is 2.19. The van der Waals surface area contributed by atoms with Crippen molar-refractivity contribution in [3.63, 3.8) is 0 Å². The Morgan fingerprint density at radius 3 is 2.95 bits per heavy atom. The SMILES string of the molecule is C[C@H]1CCc2c(sc(NC(=O)c3ccco3)c2C(N)=O)C1. The van der Waals surface area contributed by atoms with Gasteiger partial charge in [-0.05, 0) is 42.9 Å². The van der Waals surface area contributed by atoms with Gasteiger partial charge in [0.25, 0.3) is 11.8 Å². The van der Waals surface area contributed by atoms with Gasteiger partial charge < -0.3 is 15.5 Å². The van der Waals surface area contributed by atoms with Gasteiger partial charge >= 0.3 is 0 Å². The van der Waals surface area contributed by atoms with Gasteiger partial charge in [-0.15, -0.1) is 11.3 Å². The summed E-state index contributed by atoms with van der Waals surface area (Å²) in [4.78, 5) is 25.0. The number of fused-ring (bicyclic) bond motifs is 1. The maximum absolute atomic E-state index is 12.1. The highest BCUT2D eigenvalue weighted by Gasteiger charge is 2.27. The summed E-state index contributed by atoms with van der Waals surface area (Å²) >= 11 is 1.45. The third-order valence-corrected chi connectivity index (χ3v) is 4.90. The molecule has 5 nitrogen and oxygen atoms in total. The van der Waals surface area contributed by atoms with E-state index >= 15 is 0 Å². The zero-order valence-corrected chi connectivity index (χ0v) is 12.5. The van der Waals surface area contributed by atoms with Crippen molar-refractivity contribution in [2.24, 2.45) is 11.7 Å². The normalized spacial score (nSPS) is 17.3.